The van der Waals surface area contributed by atoms with E-state index in [1.165, 1.54) is 31.3 Å². The summed E-state index contributed by atoms with van der Waals surface area (Å²) in [5.74, 6) is 0.894. The van der Waals surface area contributed by atoms with Crippen LogP contribution in [0.2, 0.25) is 0 Å². The Morgan fingerprint density at radius 3 is 2.88 bits per heavy atom. The zero-order chi connectivity index (χ0) is 22.2. The second-order valence-corrected chi connectivity index (χ2v) is 8.04. The number of nitrogens with one attached hydrogen (secondary N) is 3. The maximum atomic E-state index is 12.1. The molecule has 166 valence electrons. The fourth-order valence-electron chi connectivity index (χ4n) is 3.83. The minimum atomic E-state index is -0.259. The summed E-state index contributed by atoms with van der Waals surface area (Å²) in [6.45, 7) is 0.315. The first-order valence-corrected chi connectivity index (χ1v) is 11.1. The Balaban J connectivity index is 1.24. The van der Waals surface area contributed by atoms with Crippen molar-refractivity contribution < 1.29 is 9.90 Å². The topological polar surface area (TPSA) is 98.6 Å². The maximum Gasteiger partial charge on any atom is 0.319 e. The average molecular weight is 432 g/mol. The third-order valence-corrected chi connectivity index (χ3v) is 5.62. The van der Waals surface area contributed by atoms with Crippen LogP contribution in [0.15, 0.2) is 65.3 Å². The van der Waals surface area contributed by atoms with Crippen LogP contribution in [0, 0.1) is 0 Å². The fraction of sp³-hybridized carbons (Fsp3) is 0.320. The molecule has 1 aliphatic heterocycles. The summed E-state index contributed by atoms with van der Waals surface area (Å²) in [5, 5.41) is 18.4. The number of benzene rings is 1. The number of phenols is 1. The minimum absolute atomic E-state index is 0.128. The van der Waals surface area contributed by atoms with Gasteiger partial charge in [-0.1, -0.05) is 29.9 Å². The number of aromatic nitrogens is 1. The number of carbonyl (C=O) groups is 1. The number of nitrogens with zero attached hydrogens (tertiary/aromatic N) is 2. The zero-order valence-corrected chi connectivity index (χ0v) is 18.1. The van der Waals surface area contributed by atoms with E-state index >= 15 is 0 Å². The highest BCUT2D eigenvalue weighted by molar-refractivity contribution is 5.82. The van der Waals surface area contributed by atoms with Gasteiger partial charge in [0.2, 0.25) is 0 Å². The number of fused-ring (bicyclic) bond motifs is 1. The van der Waals surface area contributed by atoms with Crippen LogP contribution in [0.1, 0.15) is 55.8 Å². The SMILES string of the molecule is O=C(N/C=C/CCC1=CCCCC1)NCc1ccc2c(n1)NC(c1ccc(O)cc1)C=N2. The number of carbonyl (C=O) groups excluding carboxylic acids is 1. The number of anilines is 1. The Bertz CT molecular complexity index is 1030. The molecule has 0 bridgehead atoms. The van der Waals surface area contributed by atoms with Crippen molar-refractivity contribution in [3.05, 3.63) is 71.6 Å². The van der Waals surface area contributed by atoms with Crippen molar-refractivity contribution in [2.24, 2.45) is 4.99 Å². The largest absolute Gasteiger partial charge is 0.508 e. The van der Waals surface area contributed by atoms with E-state index in [9.17, 15) is 9.90 Å². The molecular weight excluding hydrogens is 402 g/mol. The number of phenolic OH excluding ortho intramolecular Hbond substituents is 1. The van der Waals surface area contributed by atoms with Crippen molar-refractivity contribution >= 4 is 23.8 Å². The number of hydrogen-bond acceptors (Lipinski definition) is 5. The molecule has 2 amide bonds. The molecule has 7 nitrogen and oxygen atoms in total. The minimum Gasteiger partial charge on any atom is -0.508 e. The molecule has 1 aromatic heterocycles. The van der Waals surface area contributed by atoms with E-state index in [1.54, 1.807) is 18.3 Å². The molecule has 2 aliphatic rings. The summed E-state index contributed by atoms with van der Waals surface area (Å²) in [6.07, 6.45) is 14.9. The van der Waals surface area contributed by atoms with Gasteiger partial charge in [-0.15, -0.1) is 0 Å². The first-order chi connectivity index (χ1) is 15.7. The monoisotopic (exact) mass is 431 g/mol. The van der Waals surface area contributed by atoms with Crippen LogP contribution >= 0.6 is 0 Å². The van der Waals surface area contributed by atoms with E-state index in [0.717, 1.165) is 29.8 Å². The van der Waals surface area contributed by atoms with Gasteiger partial charge in [-0.2, -0.15) is 0 Å². The van der Waals surface area contributed by atoms with E-state index in [2.05, 4.69) is 32.0 Å². The molecular formula is C25H29N5O2. The summed E-state index contributed by atoms with van der Waals surface area (Å²) in [6, 6.07) is 10.3. The lowest BCUT2D eigenvalue weighted by Crippen LogP contribution is -2.32. The molecule has 4 N–H and O–H groups in total. The Morgan fingerprint density at radius 2 is 2.06 bits per heavy atom. The first kappa shape index (κ1) is 21.6. The Hall–Kier alpha value is -3.61. The van der Waals surface area contributed by atoms with Crippen molar-refractivity contribution in [2.45, 2.75) is 51.1 Å². The number of pyridine rings is 1. The quantitative estimate of drug-likeness (QED) is 0.450. The summed E-state index contributed by atoms with van der Waals surface area (Å²) in [7, 11) is 0. The van der Waals surface area contributed by atoms with Gasteiger partial charge in [-0.3, -0.25) is 4.99 Å². The number of rotatable bonds is 7. The highest BCUT2D eigenvalue weighted by Gasteiger charge is 2.17. The Labute approximate surface area is 188 Å². The Kier molecular flexibility index (Phi) is 7.17. The first-order valence-electron chi connectivity index (χ1n) is 11.1. The van der Waals surface area contributed by atoms with Crippen LogP contribution < -0.4 is 16.0 Å². The predicted molar refractivity (Wildman–Crippen MR) is 127 cm³/mol. The number of urea groups is 1. The van der Waals surface area contributed by atoms with E-state index in [0.29, 0.717) is 12.4 Å². The van der Waals surface area contributed by atoms with Gasteiger partial charge < -0.3 is 21.1 Å². The molecule has 1 aromatic carbocycles. The molecule has 7 heteroatoms. The van der Waals surface area contributed by atoms with Crippen LogP contribution in [-0.4, -0.2) is 22.3 Å². The molecule has 2 heterocycles. The molecule has 0 saturated heterocycles. The molecule has 2 aromatic rings. The van der Waals surface area contributed by atoms with Crippen molar-refractivity contribution in [1.82, 2.24) is 15.6 Å². The van der Waals surface area contributed by atoms with Gasteiger partial charge in [-0.25, -0.2) is 9.78 Å². The standard InChI is InChI=1S/C25H29N5O2/c31-21-12-9-19(10-13-21)23-17-27-22-14-11-20(29-24(22)30-23)16-28-25(32)26-15-5-4-8-18-6-2-1-3-7-18/h5-6,9-15,17,23,31H,1-4,7-8,16H2,(H,29,30)(H2,26,28,32)/b15-5+. The number of aromatic hydroxyl groups is 1. The molecule has 1 atom stereocenters. The van der Waals surface area contributed by atoms with Crippen molar-refractivity contribution in [3.8, 4) is 5.75 Å². The van der Waals surface area contributed by atoms with Gasteiger partial charge in [0, 0.05) is 12.4 Å². The fourth-order valence-corrected chi connectivity index (χ4v) is 3.83. The Morgan fingerprint density at radius 1 is 1.19 bits per heavy atom. The van der Waals surface area contributed by atoms with E-state index in [-0.39, 0.29) is 17.8 Å². The zero-order valence-electron chi connectivity index (χ0n) is 18.1. The number of allylic oxidation sites excluding steroid dienone is 3. The van der Waals surface area contributed by atoms with Crippen LogP contribution in [0.3, 0.4) is 0 Å². The lowest BCUT2D eigenvalue weighted by Gasteiger charge is -2.21. The van der Waals surface area contributed by atoms with E-state index in [4.69, 9.17) is 0 Å². The van der Waals surface area contributed by atoms with Gasteiger partial charge in [0.1, 0.15) is 11.4 Å². The van der Waals surface area contributed by atoms with Crippen LogP contribution in [-0.2, 0) is 6.54 Å². The molecule has 0 spiro atoms. The average Bonchev–Trinajstić information content (AvgIpc) is 2.83. The van der Waals surface area contributed by atoms with Gasteiger partial charge in [0.25, 0.3) is 0 Å². The maximum absolute atomic E-state index is 12.1. The molecule has 4 rings (SSSR count). The van der Waals surface area contributed by atoms with Gasteiger partial charge in [0.15, 0.2) is 5.82 Å². The molecule has 0 fully saturated rings. The number of aliphatic imine (C=N–C) groups is 1. The smallest absolute Gasteiger partial charge is 0.319 e. The third-order valence-electron chi connectivity index (χ3n) is 5.62. The van der Waals surface area contributed by atoms with Gasteiger partial charge in [0.05, 0.1) is 18.3 Å². The molecule has 0 saturated carbocycles. The van der Waals surface area contributed by atoms with Gasteiger partial charge >= 0.3 is 6.03 Å². The molecule has 32 heavy (non-hydrogen) atoms. The van der Waals surface area contributed by atoms with E-state index < -0.39 is 0 Å². The third kappa shape index (κ3) is 5.97. The van der Waals surface area contributed by atoms with Crippen molar-refractivity contribution in [2.75, 3.05) is 5.32 Å². The second-order valence-electron chi connectivity index (χ2n) is 8.04. The summed E-state index contributed by atoms with van der Waals surface area (Å²) >= 11 is 0. The number of hydrogen-bond donors (Lipinski definition) is 4. The summed E-state index contributed by atoms with van der Waals surface area (Å²) < 4.78 is 0. The summed E-state index contributed by atoms with van der Waals surface area (Å²) in [5.41, 5.74) is 4.01. The second kappa shape index (κ2) is 10.6. The molecule has 0 radical (unpaired) electrons. The van der Waals surface area contributed by atoms with Crippen LogP contribution in [0.25, 0.3) is 0 Å². The highest BCUT2D eigenvalue weighted by atomic mass is 16.3. The van der Waals surface area contributed by atoms with Crippen molar-refractivity contribution in [1.29, 1.82) is 0 Å². The van der Waals surface area contributed by atoms with Crippen LogP contribution in [0.4, 0.5) is 16.3 Å². The highest BCUT2D eigenvalue weighted by Crippen LogP contribution is 2.31. The normalized spacial score (nSPS) is 17.4. The lowest BCUT2D eigenvalue weighted by molar-refractivity contribution is 0.243. The van der Waals surface area contributed by atoms with E-state index in [1.807, 2.05) is 36.6 Å². The van der Waals surface area contributed by atoms with Crippen LogP contribution in [0.5, 0.6) is 5.75 Å². The molecule has 1 aliphatic carbocycles. The van der Waals surface area contributed by atoms with Crippen molar-refractivity contribution in [3.63, 3.8) is 0 Å². The predicted octanol–water partition coefficient (Wildman–Crippen LogP) is 5.25. The summed E-state index contributed by atoms with van der Waals surface area (Å²) in [4.78, 5) is 21.1. The number of amides is 2. The lowest BCUT2D eigenvalue weighted by atomic mass is 9.96. The van der Waals surface area contributed by atoms with Gasteiger partial charge in [-0.05, 0) is 68.4 Å². The molecule has 1 unspecified atom stereocenters.